The van der Waals surface area contributed by atoms with Crippen LogP contribution in [0, 0.1) is 0 Å². The molecule has 1 N–H and O–H groups in total. The minimum Gasteiger partial charge on any atom is -0.380 e. The molecule has 0 aromatic heterocycles. The quantitative estimate of drug-likeness (QED) is 0.742. The third kappa shape index (κ3) is 2.30. The van der Waals surface area contributed by atoms with Crippen molar-refractivity contribution in [3.05, 3.63) is 47.5 Å². The van der Waals surface area contributed by atoms with Crippen LogP contribution in [-0.2, 0) is 4.79 Å². The highest BCUT2D eigenvalue weighted by molar-refractivity contribution is 5.98. The smallest absolute Gasteiger partial charge is 0.191 e. The van der Waals surface area contributed by atoms with Gasteiger partial charge in [-0.3, -0.25) is 4.79 Å². The maximum atomic E-state index is 11.6. The minimum absolute atomic E-state index is 0.237. The van der Waals surface area contributed by atoms with Crippen LogP contribution in [0.3, 0.4) is 0 Å². The molecule has 1 rings (SSSR count). The van der Waals surface area contributed by atoms with Crippen LogP contribution in [0.15, 0.2) is 42.0 Å². The highest BCUT2D eigenvalue weighted by Crippen LogP contribution is 2.16. The number of aliphatic hydroxyl groups excluding tert-OH is 1. The zero-order valence-electron chi connectivity index (χ0n) is 8.40. The first-order chi connectivity index (χ1) is 6.66. The van der Waals surface area contributed by atoms with Crippen molar-refractivity contribution in [2.24, 2.45) is 0 Å². The molecule has 0 aliphatic heterocycles. The number of carbonyl (C=O) groups excluding carboxylic acids is 1. The molecule has 0 radical (unpaired) electrons. The van der Waals surface area contributed by atoms with E-state index in [9.17, 15) is 9.90 Å². The van der Waals surface area contributed by atoms with Crippen LogP contribution in [0.1, 0.15) is 25.5 Å². The predicted octanol–water partition coefficient (Wildman–Crippen LogP) is 2.26. The Balaban J connectivity index is 2.87. The topological polar surface area (TPSA) is 37.3 Å². The van der Waals surface area contributed by atoms with Gasteiger partial charge in [0.2, 0.25) is 0 Å². The summed E-state index contributed by atoms with van der Waals surface area (Å²) in [6, 6.07) is 8.94. The van der Waals surface area contributed by atoms with Gasteiger partial charge in [-0.1, -0.05) is 36.4 Å². The molecule has 1 aromatic rings. The van der Waals surface area contributed by atoms with Crippen molar-refractivity contribution in [3.63, 3.8) is 0 Å². The number of hydrogen-bond donors (Lipinski definition) is 1. The summed E-state index contributed by atoms with van der Waals surface area (Å²) in [5.41, 5.74) is 1.22. The fourth-order valence-corrected chi connectivity index (χ4v) is 1.14. The third-order valence-electron chi connectivity index (χ3n) is 2.19. The summed E-state index contributed by atoms with van der Waals surface area (Å²) in [7, 11) is 0. The van der Waals surface area contributed by atoms with Crippen LogP contribution in [0.25, 0.3) is 0 Å². The van der Waals surface area contributed by atoms with E-state index in [1.807, 2.05) is 6.07 Å². The standard InChI is InChI=1S/C12H14O2/c1-3-9(2)11(13)12(14)10-7-5-4-6-8-10/h3-8,12,14H,1-2H3/b9-3-. The highest BCUT2D eigenvalue weighted by atomic mass is 16.3. The second-order valence-corrected chi connectivity index (χ2v) is 3.15. The Kier molecular flexibility index (Phi) is 3.60. The third-order valence-corrected chi connectivity index (χ3v) is 2.19. The molecular formula is C12H14O2. The number of hydrogen-bond acceptors (Lipinski definition) is 2. The lowest BCUT2D eigenvalue weighted by molar-refractivity contribution is -0.123. The molecule has 2 nitrogen and oxygen atoms in total. The first kappa shape index (κ1) is 10.7. The fraction of sp³-hybridized carbons (Fsp3) is 0.250. The maximum Gasteiger partial charge on any atom is 0.191 e. The maximum absolute atomic E-state index is 11.6. The van der Waals surface area contributed by atoms with Gasteiger partial charge in [-0.05, 0) is 25.0 Å². The van der Waals surface area contributed by atoms with E-state index >= 15 is 0 Å². The average molecular weight is 190 g/mol. The van der Waals surface area contributed by atoms with E-state index < -0.39 is 6.10 Å². The van der Waals surface area contributed by atoms with E-state index in [1.54, 1.807) is 44.2 Å². The van der Waals surface area contributed by atoms with Crippen molar-refractivity contribution in [2.75, 3.05) is 0 Å². The lowest BCUT2D eigenvalue weighted by Gasteiger charge is -2.09. The highest BCUT2D eigenvalue weighted by Gasteiger charge is 2.17. The van der Waals surface area contributed by atoms with E-state index in [0.717, 1.165) is 0 Å². The van der Waals surface area contributed by atoms with Crippen molar-refractivity contribution in [2.45, 2.75) is 20.0 Å². The number of rotatable bonds is 3. The van der Waals surface area contributed by atoms with Crippen LogP contribution >= 0.6 is 0 Å². The summed E-state index contributed by atoms with van der Waals surface area (Å²) in [6.45, 7) is 3.49. The van der Waals surface area contributed by atoms with E-state index in [-0.39, 0.29) is 5.78 Å². The van der Waals surface area contributed by atoms with Crippen molar-refractivity contribution in [3.8, 4) is 0 Å². The molecule has 0 saturated carbocycles. The molecule has 0 aliphatic rings. The van der Waals surface area contributed by atoms with Crippen LogP contribution in [0.5, 0.6) is 0 Å². The second kappa shape index (κ2) is 4.72. The van der Waals surface area contributed by atoms with Crippen LogP contribution in [0.2, 0.25) is 0 Å². The monoisotopic (exact) mass is 190 g/mol. The average Bonchev–Trinajstić information content (AvgIpc) is 2.27. The first-order valence-electron chi connectivity index (χ1n) is 4.57. The number of allylic oxidation sites excluding steroid dienone is 1. The van der Waals surface area contributed by atoms with Gasteiger partial charge >= 0.3 is 0 Å². The Bertz CT molecular complexity index is 339. The normalized spacial score (nSPS) is 13.8. The van der Waals surface area contributed by atoms with Crippen LogP contribution in [-0.4, -0.2) is 10.9 Å². The van der Waals surface area contributed by atoms with Gasteiger partial charge < -0.3 is 5.11 Å². The largest absolute Gasteiger partial charge is 0.380 e. The van der Waals surface area contributed by atoms with Gasteiger partial charge in [-0.25, -0.2) is 0 Å². The molecule has 1 unspecified atom stereocenters. The fourth-order valence-electron chi connectivity index (χ4n) is 1.14. The van der Waals surface area contributed by atoms with E-state index in [1.165, 1.54) is 0 Å². The second-order valence-electron chi connectivity index (χ2n) is 3.15. The molecule has 0 saturated heterocycles. The summed E-state index contributed by atoms with van der Waals surface area (Å²) in [4.78, 5) is 11.6. The minimum atomic E-state index is -1.03. The van der Waals surface area contributed by atoms with Crippen molar-refractivity contribution in [1.29, 1.82) is 0 Å². The molecule has 2 heteroatoms. The molecule has 0 heterocycles. The Morgan fingerprint density at radius 3 is 2.43 bits per heavy atom. The molecule has 0 bridgehead atoms. The van der Waals surface area contributed by atoms with Crippen LogP contribution < -0.4 is 0 Å². The van der Waals surface area contributed by atoms with Gasteiger partial charge in [-0.15, -0.1) is 0 Å². The summed E-state index contributed by atoms with van der Waals surface area (Å²) in [6.07, 6.45) is 0.668. The Morgan fingerprint density at radius 1 is 1.36 bits per heavy atom. The van der Waals surface area contributed by atoms with E-state index in [0.29, 0.717) is 11.1 Å². The first-order valence-corrected chi connectivity index (χ1v) is 4.57. The molecule has 14 heavy (non-hydrogen) atoms. The molecular weight excluding hydrogens is 176 g/mol. The van der Waals surface area contributed by atoms with Crippen LogP contribution in [0.4, 0.5) is 0 Å². The van der Waals surface area contributed by atoms with Gasteiger partial charge in [0.25, 0.3) is 0 Å². The summed E-state index contributed by atoms with van der Waals surface area (Å²) < 4.78 is 0. The summed E-state index contributed by atoms with van der Waals surface area (Å²) in [5, 5.41) is 9.70. The predicted molar refractivity (Wildman–Crippen MR) is 55.8 cm³/mol. The van der Waals surface area contributed by atoms with Gasteiger partial charge in [0, 0.05) is 0 Å². The Morgan fingerprint density at radius 2 is 1.93 bits per heavy atom. The molecule has 1 atom stereocenters. The molecule has 0 fully saturated rings. The lowest BCUT2D eigenvalue weighted by atomic mass is 10.0. The van der Waals surface area contributed by atoms with Gasteiger partial charge in [0.15, 0.2) is 5.78 Å². The van der Waals surface area contributed by atoms with Gasteiger partial charge in [-0.2, -0.15) is 0 Å². The number of ketones is 1. The van der Waals surface area contributed by atoms with Crippen molar-refractivity contribution < 1.29 is 9.90 Å². The van der Waals surface area contributed by atoms with Gasteiger partial charge in [0.1, 0.15) is 6.10 Å². The summed E-state index contributed by atoms with van der Waals surface area (Å²) in [5.74, 6) is -0.237. The molecule has 0 amide bonds. The molecule has 0 aliphatic carbocycles. The lowest BCUT2D eigenvalue weighted by Crippen LogP contribution is -2.12. The molecule has 0 spiro atoms. The zero-order valence-corrected chi connectivity index (χ0v) is 8.40. The number of Topliss-reactive ketones (excluding diaryl/α,β-unsaturated/α-hetero) is 1. The van der Waals surface area contributed by atoms with E-state index in [2.05, 4.69) is 0 Å². The van der Waals surface area contributed by atoms with Crippen molar-refractivity contribution >= 4 is 5.78 Å². The number of aliphatic hydroxyl groups is 1. The van der Waals surface area contributed by atoms with E-state index in [4.69, 9.17) is 0 Å². The van der Waals surface area contributed by atoms with Gasteiger partial charge in [0.05, 0.1) is 0 Å². The number of carbonyl (C=O) groups is 1. The molecule has 74 valence electrons. The molecule has 1 aromatic carbocycles. The van der Waals surface area contributed by atoms with Crippen molar-refractivity contribution in [1.82, 2.24) is 0 Å². The Hall–Kier alpha value is -1.41. The number of benzene rings is 1. The summed E-state index contributed by atoms with van der Waals surface area (Å²) >= 11 is 0. The zero-order chi connectivity index (χ0) is 10.6. The SMILES string of the molecule is C/C=C(/C)C(=O)C(O)c1ccccc1. The Labute approximate surface area is 83.9 Å².